The van der Waals surface area contributed by atoms with E-state index in [1.165, 1.54) is 18.9 Å². The molecule has 0 aromatic heterocycles. The van der Waals surface area contributed by atoms with Crippen molar-refractivity contribution in [2.24, 2.45) is 4.99 Å². The second-order valence-electron chi connectivity index (χ2n) is 8.01. The molecule has 0 saturated carbocycles. The van der Waals surface area contributed by atoms with Gasteiger partial charge in [0.2, 0.25) is 5.91 Å². The van der Waals surface area contributed by atoms with Gasteiger partial charge in [0.25, 0.3) is 0 Å². The predicted octanol–water partition coefficient (Wildman–Crippen LogP) is 3.85. The number of benzene rings is 1. The highest BCUT2D eigenvalue weighted by Gasteiger charge is 2.42. The number of nitrogens with zero attached hydrogens (tertiary/aromatic N) is 3. The number of amides is 1. The number of esters is 1. The molecule has 3 heterocycles. The van der Waals surface area contributed by atoms with Gasteiger partial charge in [-0.2, -0.15) is 0 Å². The molecule has 0 bridgehead atoms. The first kappa shape index (κ1) is 23.2. The summed E-state index contributed by atoms with van der Waals surface area (Å²) in [7, 11) is 4.55. The molecular weight excluding hydrogens is 442 g/mol. The summed E-state index contributed by atoms with van der Waals surface area (Å²) < 4.78 is 16.2. The molecule has 3 aliphatic rings. The Kier molecular flexibility index (Phi) is 6.97. The summed E-state index contributed by atoms with van der Waals surface area (Å²) in [5.74, 6) is 0.874. The van der Waals surface area contributed by atoms with Crippen LogP contribution in [0.1, 0.15) is 44.2 Å². The zero-order chi connectivity index (χ0) is 23.5. The van der Waals surface area contributed by atoms with Crippen molar-refractivity contribution in [2.45, 2.75) is 38.6 Å². The Bertz CT molecular complexity index is 1020. The molecule has 1 unspecified atom stereocenters. The summed E-state index contributed by atoms with van der Waals surface area (Å²) in [6.07, 6.45) is 2.90. The fourth-order valence-electron chi connectivity index (χ4n) is 4.45. The lowest BCUT2D eigenvalue weighted by Gasteiger charge is -2.37. The topological polar surface area (TPSA) is 80.7 Å². The molecule has 4 rings (SSSR count). The number of aliphatic imine (C=N–C) groups is 1. The van der Waals surface area contributed by atoms with Gasteiger partial charge in [0.1, 0.15) is 11.5 Å². The first-order chi connectivity index (χ1) is 16.0. The van der Waals surface area contributed by atoms with E-state index in [0.717, 1.165) is 42.4 Å². The van der Waals surface area contributed by atoms with Crippen molar-refractivity contribution in [3.8, 4) is 11.5 Å². The van der Waals surface area contributed by atoms with Gasteiger partial charge >= 0.3 is 5.97 Å². The quantitative estimate of drug-likeness (QED) is 0.559. The van der Waals surface area contributed by atoms with Gasteiger partial charge in [-0.25, -0.2) is 9.79 Å². The van der Waals surface area contributed by atoms with Gasteiger partial charge in [-0.15, -0.1) is 0 Å². The largest absolute Gasteiger partial charge is 0.497 e. The maximum atomic E-state index is 13.0. The third kappa shape index (κ3) is 4.46. The normalized spacial score (nSPS) is 19.8. The van der Waals surface area contributed by atoms with Gasteiger partial charge < -0.3 is 24.0 Å². The molecule has 1 saturated heterocycles. The Morgan fingerprint density at radius 3 is 2.33 bits per heavy atom. The summed E-state index contributed by atoms with van der Waals surface area (Å²) in [4.78, 5) is 34.7. The van der Waals surface area contributed by atoms with E-state index in [4.69, 9.17) is 19.2 Å². The zero-order valence-electron chi connectivity index (χ0n) is 19.4. The van der Waals surface area contributed by atoms with Crippen LogP contribution in [0.25, 0.3) is 0 Å². The van der Waals surface area contributed by atoms with Crippen LogP contribution in [-0.4, -0.2) is 61.3 Å². The minimum atomic E-state index is -0.517. The fourth-order valence-corrected chi connectivity index (χ4v) is 5.39. The van der Waals surface area contributed by atoms with Crippen molar-refractivity contribution in [1.82, 2.24) is 9.80 Å². The number of ether oxygens (including phenoxy) is 3. The molecule has 176 valence electrons. The van der Waals surface area contributed by atoms with Crippen LogP contribution in [0.5, 0.6) is 11.5 Å². The highest BCUT2D eigenvalue weighted by Crippen LogP contribution is 2.46. The Hall–Kier alpha value is -2.94. The lowest BCUT2D eigenvalue weighted by Crippen LogP contribution is -2.38. The number of likely N-dealkylation sites (tertiary alicyclic amines) is 1. The third-order valence-electron chi connectivity index (χ3n) is 6.11. The van der Waals surface area contributed by atoms with Crippen molar-refractivity contribution in [3.63, 3.8) is 0 Å². The summed E-state index contributed by atoms with van der Waals surface area (Å²) >= 11 is 1.47. The number of thioether (sulfide) groups is 1. The number of hydrogen-bond acceptors (Lipinski definition) is 8. The van der Waals surface area contributed by atoms with Crippen LogP contribution in [-0.2, 0) is 14.3 Å². The fraction of sp³-hybridized carbons (Fsp3) is 0.458. The number of fused-ring (bicyclic) bond motifs is 1. The summed E-state index contributed by atoms with van der Waals surface area (Å²) in [6.45, 7) is 3.56. The van der Waals surface area contributed by atoms with E-state index >= 15 is 0 Å². The number of methoxy groups -OCH3 is 3. The van der Waals surface area contributed by atoms with Crippen LogP contribution in [0.2, 0.25) is 0 Å². The molecule has 0 radical (unpaired) electrons. The highest BCUT2D eigenvalue weighted by atomic mass is 32.2. The lowest BCUT2D eigenvalue weighted by molar-refractivity contribution is -0.136. The number of carbonyl (C=O) groups excluding carboxylic acids is 2. The van der Waals surface area contributed by atoms with E-state index in [9.17, 15) is 9.59 Å². The average molecular weight is 472 g/mol. The number of hydrogen-bond donors (Lipinski definition) is 0. The molecule has 0 spiro atoms. The Morgan fingerprint density at radius 2 is 1.76 bits per heavy atom. The van der Waals surface area contributed by atoms with Gasteiger partial charge in [0.05, 0.1) is 45.1 Å². The van der Waals surface area contributed by atoms with Crippen molar-refractivity contribution in [2.75, 3.05) is 34.4 Å². The molecule has 1 fully saturated rings. The van der Waals surface area contributed by atoms with Crippen molar-refractivity contribution in [1.29, 1.82) is 0 Å². The summed E-state index contributed by atoms with van der Waals surface area (Å²) in [5, 5.41) is 2.71. The molecule has 1 aromatic rings. The van der Waals surface area contributed by atoms with Crippen molar-refractivity contribution in [3.05, 3.63) is 46.1 Å². The monoisotopic (exact) mass is 471 g/mol. The maximum Gasteiger partial charge on any atom is 0.338 e. The van der Waals surface area contributed by atoms with Gasteiger partial charge in [-0.3, -0.25) is 4.79 Å². The van der Waals surface area contributed by atoms with Gasteiger partial charge in [0, 0.05) is 24.9 Å². The smallest absolute Gasteiger partial charge is 0.338 e. The predicted molar refractivity (Wildman–Crippen MR) is 127 cm³/mol. The Labute approximate surface area is 198 Å². The van der Waals surface area contributed by atoms with E-state index in [2.05, 4.69) is 0 Å². The summed E-state index contributed by atoms with van der Waals surface area (Å²) in [5.41, 5.74) is 2.75. The highest BCUT2D eigenvalue weighted by molar-refractivity contribution is 8.16. The maximum absolute atomic E-state index is 13.0. The van der Waals surface area contributed by atoms with Crippen LogP contribution in [0.4, 0.5) is 0 Å². The van der Waals surface area contributed by atoms with Crippen LogP contribution in [0.15, 0.2) is 45.6 Å². The van der Waals surface area contributed by atoms with E-state index in [1.54, 1.807) is 20.3 Å². The van der Waals surface area contributed by atoms with Crippen molar-refractivity contribution >= 4 is 28.8 Å². The van der Waals surface area contributed by atoms with Crippen LogP contribution in [0, 0.1) is 0 Å². The molecule has 33 heavy (non-hydrogen) atoms. The second kappa shape index (κ2) is 9.91. The standard InChI is InChI=1S/C24H29N3O5S/c1-5-19-21(23(29)32-4)22(15-10-17(30-2)13-18(11-15)31-3)27-16(14-33-24(27)25-19)12-20(28)26-8-6-7-9-26/h10-11,13-14,22H,5-9,12H2,1-4H3. The molecule has 1 atom stereocenters. The number of carbonyl (C=O) groups is 2. The van der Waals surface area contributed by atoms with E-state index in [-0.39, 0.29) is 12.3 Å². The molecule has 3 aliphatic heterocycles. The number of amidine groups is 1. The molecule has 0 aliphatic carbocycles. The molecule has 1 aromatic carbocycles. The van der Waals surface area contributed by atoms with E-state index in [0.29, 0.717) is 29.2 Å². The first-order valence-corrected chi connectivity index (χ1v) is 11.9. The third-order valence-corrected chi connectivity index (χ3v) is 7.00. The van der Waals surface area contributed by atoms with Crippen molar-refractivity contribution < 1.29 is 23.8 Å². The first-order valence-electron chi connectivity index (χ1n) is 11.1. The van der Waals surface area contributed by atoms with Gasteiger partial charge in [-0.1, -0.05) is 18.7 Å². The minimum Gasteiger partial charge on any atom is -0.497 e. The average Bonchev–Trinajstić information content (AvgIpc) is 3.52. The number of allylic oxidation sites excluding steroid dienone is 1. The zero-order valence-corrected chi connectivity index (χ0v) is 20.2. The second-order valence-corrected chi connectivity index (χ2v) is 8.85. The van der Waals surface area contributed by atoms with Gasteiger partial charge in [0.15, 0.2) is 5.17 Å². The van der Waals surface area contributed by atoms with Crippen LogP contribution < -0.4 is 9.47 Å². The van der Waals surface area contributed by atoms with Crippen LogP contribution >= 0.6 is 11.8 Å². The Morgan fingerprint density at radius 1 is 1.09 bits per heavy atom. The molecular formula is C24H29N3O5S. The molecule has 8 nitrogen and oxygen atoms in total. The lowest BCUT2D eigenvalue weighted by atomic mass is 9.92. The minimum absolute atomic E-state index is 0.0902. The Balaban J connectivity index is 1.80. The SMILES string of the molecule is CCC1=C(C(=O)OC)C(c2cc(OC)cc(OC)c2)N2C(CC(=O)N3CCCC3)=CSC2=N1. The molecule has 9 heteroatoms. The molecule has 0 N–H and O–H groups in total. The van der Waals surface area contributed by atoms with E-state index < -0.39 is 12.0 Å². The summed E-state index contributed by atoms with van der Waals surface area (Å²) in [6, 6.07) is 5.04. The van der Waals surface area contributed by atoms with E-state index in [1.807, 2.05) is 34.3 Å². The van der Waals surface area contributed by atoms with Gasteiger partial charge in [-0.05, 0) is 42.4 Å². The van der Waals surface area contributed by atoms with Crippen LogP contribution in [0.3, 0.4) is 0 Å². The number of rotatable bonds is 7. The molecule has 1 amide bonds.